The molecule has 0 aromatic heterocycles. The molecule has 14 heavy (non-hydrogen) atoms. The SMILES string of the molecule is CSCCCNc1c(C)cccc1N. The first-order chi connectivity index (χ1) is 6.75. The van der Waals surface area contributed by atoms with E-state index in [9.17, 15) is 0 Å². The highest BCUT2D eigenvalue weighted by Crippen LogP contribution is 2.22. The standard InChI is InChI=1S/C11H18N2S/c1-9-5-3-6-10(12)11(9)13-7-4-8-14-2/h3,5-6,13H,4,7-8,12H2,1-2H3. The number of para-hydroxylation sites is 1. The van der Waals surface area contributed by atoms with Crippen LogP contribution in [-0.2, 0) is 0 Å². The number of benzene rings is 1. The van der Waals surface area contributed by atoms with E-state index in [1.165, 1.54) is 17.7 Å². The number of nitrogen functional groups attached to an aromatic ring is 1. The summed E-state index contributed by atoms with van der Waals surface area (Å²) < 4.78 is 0. The molecule has 0 atom stereocenters. The lowest BCUT2D eigenvalue weighted by molar-refractivity contribution is 0.991. The first-order valence-electron chi connectivity index (χ1n) is 4.83. The van der Waals surface area contributed by atoms with Crippen LogP contribution in [0.1, 0.15) is 12.0 Å². The molecule has 0 heterocycles. The van der Waals surface area contributed by atoms with Crippen molar-refractivity contribution < 1.29 is 0 Å². The maximum atomic E-state index is 5.87. The van der Waals surface area contributed by atoms with Gasteiger partial charge in [0.05, 0.1) is 11.4 Å². The Balaban J connectivity index is 2.49. The third-order valence-corrected chi connectivity index (χ3v) is 2.83. The molecule has 0 saturated heterocycles. The first-order valence-corrected chi connectivity index (χ1v) is 6.23. The Kier molecular flexibility index (Phi) is 4.66. The molecule has 1 rings (SSSR count). The molecule has 0 fully saturated rings. The van der Waals surface area contributed by atoms with Crippen molar-refractivity contribution in [3.05, 3.63) is 23.8 Å². The molecule has 0 radical (unpaired) electrons. The molecule has 1 aromatic rings. The molecule has 1 aromatic carbocycles. The Hall–Kier alpha value is -0.830. The van der Waals surface area contributed by atoms with Gasteiger partial charge in [0, 0.05) is 6.54 Å². The fourth-order valence-corrected chi connectivity index (χ4v) is 1.79. The lowest BCUT2D eigenvalue weighted by Crippen LogP contribution is -2.06. The number of thioether (sulfide) groups is 1. The molecule has 0 aliphatic carbocycles. The van der Waals surface area contributed by atoms with Gasteiger partial charge in [0.2, 0.25) is 0 Å². The lowest BCUT2D eigenvalue weighted by Gasteiger charge is -2.11. The van der Waals surface area contributed by atoms with Crippen molar-refractivity contribution >= 4 is 23.1 Å². The summed E-state index contributed by atoms with van der Waals surface area (Å²) in [4.78, 5) is 0. The van der Waals surface area contributed by atoms with Gasteiger partial charge < -0.3 is 11.1 Å². The molecule has 0 bridgehead atoms. The Morgan fingerprint density at radius 2 is 2.21 bits per heavy atom. The van der Waals surface area contributed by atoms with Gasteiger partial charge in [0.25, 0.3) is 0 Å². The molecule has 3 heteroatoms. The number of rotatable bonds is 5. The van der Waals surface area contributed by atoms with Gasteiger partial charge in [-0.05, 0) is 37.0 Å². The highest BCUT2D eigenvalue weighted by Gasteiger charge is 2.00. The number of nitrogens with one attached hydrogen (secondary N) is 1. The molecule has 0 aliphatic heterocycles. The van der Waals surface area contributed by atoms with E-state index < -0.39 is 0 Å². The summed E-state index contributed by atoms with van der Waals surface area (Å²) in [5.74, 6) is 1.19. The van der Waals surface area contributed by atoms with Crippen molar-refractivity contribution in [1.29, 1.82) is 0 Å². The summed E-state index contributed by atoms with van der Waals surface area (Å²) in [6, 6.07) is 5.99. The average molecular weight is 210 g/mol. The molecule has 0 unspecified atom stereocenters. The fourth-order valence-electron chi connectivity index (χ4n) is 1.36. The number of hydrogen-bond acceptors (Lipinski definition) is 3. The second kappa shape index (κ2) is 5.81. The number of nitrogens with two attached hydrogens (primary N) is 1. The highest BCUT2D eigenvalue weighted by atomic mass is 32.2. The second-order valence-electron chi connectivity index (χ2n) is 3.31. The van der Waals surface area contributed by atoms with Crippen LogP contribution >= 0.6 is 11.8 Å². The Labute approximate surface area is 90.3 Å². The monoisotopic (exact) mass is 210 g/mol. The van der Waals surface area contributed by atoms with Crippen molar-refractivity contribution in [3.8, 4) is 0 Å². The largest absolute Gasteiger partial charge is 0.397 e. The van der Waals surface area contributed by atoms with E-state index in [4.69, 9.17) is 5.73 Å². The van der Waals surface area contributed by atoms with Gasteiger partial charge in [-0.3, -0.25) is 0 Å². The minimum Gasteiger partial charge on any atom is -0.397 e. The van der Waals surface area contributed by atoms with Gasteiger partial charge in [-0.25, -0.2) is 0 Å². The van der Waals surface area contributed by atoms with Crippen LogP contribution in [0.3, 0.4) is 0 Å². The van der Waals surface area contributed by atoms with Crippen LogP contribution in [0, 0.1) is 6.92 Å². The van der Waals surface area contributed by atoms with Crippen LogP contribution < -0.4 is 11.1 Å². The van der Waals surface area contributed by atoms with Crippen molar-refractivity contribution in [2.45, 2.75) is 13.3 Å². The Morgan fingerprint density at radius 3 is 2.86 bits per heavy atom. The van der Waals surface area contributed by atoms with E-state index >= 15 is 0 Å². The minimum absolute atomic E-state index is 0.842. The predicted octanol–water partition coefficient (Wildman–Crippen LogP) is 2.74. The third kappa shape index (κ3) is 3.14. The van der Waals surface area contributed by atoms with Crippen LogP contribution in [0.4, 0.5) is 11.4 Å². The summed E-state index contributed by atoms with van der Waals surface area (Å²) in [6.45, 7) is 3.07. The van der Waals surface area contributed by atoms with E-state index in [1.54, 1.807) is 0 Å². The van der Waals surface area contributed by atoms with Crippen molar-refractivity contribution in [3.63, 3.8) is 0 Å². The maximum Gasteiger partial charge on any atom is 0.0603 e. The molecule has 0 aliphatic rings. The molecule has 3 N–H and O–H groups in total. The second-order valence-corrected chi connectivity index (χ2v) is 4.30. The van der Waals surface area contributed by atoms with Crippen LogP contribution in [0.2, 0.25) is 0 Å². The van der Waals surface area contributed by atoms with Crippen LogP contribution in [0.5, 0.6) is 0 Å². The normalized spacial score (nSPS) is 10.1. The van der Waals surface area contributed by atoms with E-state index in [1.807, 2.05) is 23.9 Å². The number of anilines is 2. The van der Waals surface area contributed by atoms with E-state index in [2.05, 4.69) is 24.6 Å². The van der Waals surface area contributed by atoms with Gasteiger partial charge in [0.15, 0.2) is 0 Å². The zero-order valence-electron chi connectivity index (χ0n) is 8.84. The van der Waals surface area contributed by atoms with Crippen molar-refractivity contribution in [2.24, 2.45) is 0 Å². The number of hydrogen-bond donors (Lipinski definition) is 2. The summed E-state index contributed by atoms with van der Waals surface area (Å²) in [5.41, 5.74) is 9.02. The lowest BCUT2D eigenvalue weighted by atomic mass is 10.1. The third-order valence-electron chi connectivity index (χ3n) is 2.13. The minimum atomic E-state index is 0.842. The van der Waals surface area contributed by atoms with Gasteiger partial charge in [-0.1, -0.05) is 12.1 Å². The molecule has 78 valence electrons. The first kappa shape index (κ1) is 11.2. The van der Waals surface area contributed by atoms with E-state index in [0.29, 0.717) is 0 Å². The molecular weight excluding hydrogens is 192 g/mol. The molecule has 0 saturated carbocycles. The predicted molar refractivity (Wildman–Crippen MR) is 67.1 cm³/mol. The van der Waals surface area contributed by atoms with Gasteiger partial charge in [-0.2, -0.15) is 11.8 Å². The van der Waals surface area contributed by atoms with Gasteiger partial charge in [0.1, 0.15) is 0 Å². The van der Waals surface area contributed by atoms with E-state index in [-0.39, 0.29) is 0 Å². The Morgan fingerprint density at radius 1 is 1.43 bits per heavy atom. The van der Waals surface area contributed by atoms with Crippen LogP contribution in [0.15, 0.2) is 18.2 Å². The van der Waals surface area contributed by atoms with Crippen molar-refractivity contribution in [1.82, 2.24) is 0 Å². The zero-order valence-corrected chi connectivity index (χ0v) is 9.66. The van der Waals surface area contributed by atoms with Crippen LogP contribution in [0.25, 0.3) is 0 Å². The summed E-state index contributed by atoms with van der Waals surface area (Å²) in [5, 5.41) is 3.38. The Bertz CT molecular complexity index is 266. The number of aryl methyl sites for hydroxylation is 1. The van der Waals surface area contributed by atoms with E-state index in [0.717, 1.165) is 17.9 Å². The molecule has 2 nitrogen and oxygen atoms in total. The summed E-state index contributed by atoms with van der Waals surface area (Å²) in [7, 11) is 0. The maximum absolute atomic E-state index is 5.87. The zero-order chi connectivity index (χ0) is 10.4. The molecule has 0 amide bonds. The van der Waals surface area contributed by atoms with Crippen molar-refractivity contribution in [2.75, 3.05) is 29.6 Å². The molecular formula is C11H18N2S. The fraction of sp³-hybridized carbons (Fsp3) is 0.455. The molecule has 0 spiro atoms. The highest BCUT2D eigenvalue weighted by molar-refractivity contribution is 7.98. The van der Waals surface area contributed by atoms with Gasteiger partial charge >= 0.3 is 0 Å². The smallest absolute Gasteiger partial charge is 0.0603 e. The summed E-state index contributed by atoms with van der Waals surface area (Å²) in [6.07, 6.45) is 3.30. The average Bonchev–Trinajstić information content (AvgIpc) is 2.16. The topological polar surface area (TPSA) is 38.0 Å². The quantitative estimate of drug-likeness (QED) is 0.579. The van der Waals surface area contributed by atoms with Crippen LogP contribution in [-0.4, -0.2) is 18.6 Å². The van der Waals surface area contributed by atoms with Gasteiger partial charge in [-0.15, -0.1) is 0 Å². The summed E-state index contributed by atoms with van der Waals surface area (Å²) >= 11 is 1.87.